The number of phenols is 1. The quantitative estimate of drug-likeness (QED) is 0.549. The van der Waals surface area contributed by atoms with Crippen LogP contribution in [0.1, 0.15) is 5.56 Å². The number of aromatic hydroxyl groups is 1. The number of hydrogen-bond acceptors (Lipinski definition) is 5. The van der Waals surface area contributed by atoms with Crippen LogP contribution in [0.25, 0.3) is 6.08 Å². The minimum atomic E-state index is -0.227. The van der Waals surface area contributed by atoms with Gasteiger partial charge < -0.3 is 15.7 Å². The van der Waals surface area contributed by atoms with E-state index in [-0.39, 0.29) is 11.7 Å². The molecule has 0 bridgehead atoms. The number of para-hydroxylation sites is 2. The summed E-state index contributed by atoms with van der Waals surface area (Å²) in [6.45, 7) is 0. The molecular formula is C22H17N3O2S. The average molecular weight is 387 g/mol. The van der Waals surface area contributed by atoms with Crippen molar-refractivity contribution in [2.75, 3.05) is 5.32 Å². The fourth-order valence-corrected chi connectivity index (χ4v) is 3.49. The van der Waals surface area contributed by atoms with E-state index in [1.807, 2.05) is 60.7 Å². The Morgan fingerprint density at radius 3 is 2.32 bits per heavy atom. The zero-order valence-corrected chi connectivity index (χ0v) is 15.6. The summed E-state index contributed by atoms with van der Waals surface area (Å²) in [5, 5.41) is 16.4. The molecule has 3 aromatic carbocycles. The number of hydrogen-bond donors (Lipinski definition) is 3. The van der Waals surface area contributed by atoms with Crippen molar-refractivity contribution in [2.45, 2.75) is 0 Å². The Labute approximate surface area is 166 Å². The molecule has 3 N–H and O–H groups in total. The number of nitrogens with one attached hydrogen (secondary N) is 2. The minimum absolute atomic E-state index is 0.135. The van der Waals surface area contributed by atoms with Gasteiger partial charge in [-0.25, -0.2) is 4.99 Å². The van der Waals surface area contributed by atoms with Crippen LogP contribution in [0.3, 0.4) is 0 Å². The SMILES string of the molecule is O=C1NC(=Nc2ccc(Nc3ccccc3)cc2)S/C1=C\c1ccccc1O. The predicted octanol–water partition coefficient (Wildman–Crippen LogP) is 5.03. The molecule has 0 atom stereocenters. The maximum atomic E-state index is 12.2. The van der Waals surface area contributed by atoms with Crippen LogP contribution in [0.15, 0.2) is 88.8 Å². The first-order valence-corrected chi connectivity index (χ1v) is 9.49. The third kappa shape index (κ3) is 4.24. The Morgan fingerprint density at radius 1 is 0.893 bits per heavy atom. The number of carbonyl (C=O) groups is 1. The second-order valence-corrected chi connectivity index (χ2v) is 7.11. The van der Waals surface area contributed by atoms with Crippen LogP contribution in [0.4, 0.5) is 17.1 Å². The van der Waals surface area contributed by atoms with Crippen LogP contribution in [0, 0.1) is 0 Å². The molecule has 5 nitrogen and oxygen atoms in total. The second-order valence-electron chi connectivity index (χ2n) is 6.08. The summed E-state index contributed by atoms with van der Waals surface area (Å²) in [5.74, 6) is -0.0929. The van der Waals surface area contributed by atoms with Crippen molar-refractivity contribution in [3.05, 3.63) is 89.3 Å². The molecule has 138 valence electrons. The van der Waals surface area contributed by atoms with Crippen molar-refractivity contribution in [3.8, 4) is 5.75 Å². The van der Waals surface area contributed by atoms with Gasteiger partial charge in [0.1, 0.15) is 5.75 Å². The lowest BCUT2D eigenvalue weighted by Gasteiger charge is -2.06. The molecule has 0 unspecified atom stereocenters. The largest absolute Gasteiger partial charge is 0.507 e. The van der Waals surface area contributed by atoms with Crippen molar-refractivity contribution >= 4 is 46.0 Å². The molecular weight excluding hydrogens is 370 g/mol. The molecule has 0 saturated carbocycles. The summed E-state index contributed by atoms with van der Waals surface area (Å²) >= 11 is 1.25. The zero-order chi connectivity index (χ0) is 19.3. The maximum absolute atomic E-state index is 12.2. The number of phenolic OH excluding ortho intramolecular Hbond substituents is 1. The van der Waals surface area contributed by atoms with E-state index in [1.54, 1.807) is 24.3 Å². The molecule has 1 fully saturated rings. The van der Waals surface area contributed by atoms with Crippen molar-refractivity contribution in [3.63, 3.8) is 0 Å². The predicted molar refractivity (Wildman–Crippen MR) is 115 cm³/mol. The van der Waals surface area contributed by atoms with Gasteiger partial charge in [0.25, 0.3) is 5.91 Å². The van der Waals surface area contributed by atoms with Gasteiger partial charge in [-0.1, -0.05) is 36.4 Å². The Bertz CT molecular complexity index is 1060. The summed E-state index contributed by atoms with van der Waals surface area (Å²) in [7, 11) is 0. The number of nitrogens with zero attached hydrogens (tertiary/aromatic N) is 1. The van der Waals surface area contributed by atoms with Crippen molar-refractivity contribution in [2.24, 2.45) is 4.99 Å². The highest BCUT2D eigenvalue weighted by Gasteiger charge is 2.24. The van der Waals surface area contributed by atoms with E-state index in [9.17, 15) is 9.90 Å². The number of rotatable bonds is 4. The van der Waals surface area contributed by atoms with E-state index in [1.165, 1.54) is 11.8 Å². The van der Waals surface area contributed by atoms with Crippen molar-refractivity contribution < 1.29 is 9.90 Å². The number of carbonyl (C=O) groups excluding carboxylic acids is 1. The third-order valence-corrected chi connectivity index (χ3v) is 4.94. The van der Waals surface area contributed by atoms with E-state index in [0.29, 0.717) is 15.6 Å². The first kappa shape index (κ1) is 17.9. The number of thioether (sulfide) groups is 1. The lowest BCUT2D eigenvalue weighted by atomic mass is 10.2. The fraction of sp³-hybridized carbons (Fsp3) is 0. The molecule has 0 aliphatic carbocycles. The lowest BCUT2D eigenvalue weighted by molar-refractivity contribution is -0.115. The van der Waals surface area contributed by atoms with Crippen LogP contribution in [0.2, 0.25) is 0 Å². The van der Waals surface area contributed by atoms with Crippen LogP contribution in [-0.4, -0.2) is 16.2 Å². The summed E-state index contributed by atoms with van der Waals surface area (Å²) < 4.78 is 0. The molecule has 1 saturated heterocycles. The summed E-state index contributed by atoms with van der Waals surface area (Å²) in [4.78, 5) is 17.2. The van der Waals surface area contributed by atoms with Crippen LogP contribution < -0.4 is 10.6 Å². The summed E-state index contributed by atoms with van der Waals surface area (Å²) in [5.41, 5.74) is 3.31. The van der Waals surface area contributed by atoms with E-state index in [2.05, 4.69) is 15.6 Å². The molecule has 6 heteroatoms. The first-order valence-electron chi connectivity index (χ1n) is 8.67. The molecule has 1 heterocycles. The Morgan fingerprint density at radius 2 is 1.57 bits per heavy atom. The topological polar surface area (TPSA) is 73.7 Å². The number of amides is 1. The summed E-state index contributed by atoms with van der Waals surface area (Å²) in [6, 6.07) is 24.4. The highest BCUT2D eigenvalue weighted by Crippen LogP contribution is 2.30. The van der Waals surface area contributed by atoms with Crippen LogP contribution in [-0.2, 0) is 4.79 Å². The first-order chi connectivity index (χ1) is 13.7. The van der Waals surface area contributed by atoms with E-state index in [0.717, 1.165) is 17.1 Å². The van der Waals surface area contributed by atoms with Gasteiger partial charge >= 0.3 is 0 Å². The number of anilines is 2. The molecule has 3 aromatic rings. The maximum Gasteiger partial charge on any atom is 0.264 e. The van der Waals surface area contributed by atoms with Gasteiger partial charge in [0.15, 0.2) is 5.17 Å². The van der Waals surface area contributed by atoms with Crippen LogP contribution >= 0.6 is 11.8 Å². The smallest absolute Gasteiger partial charge is 0.264 e. The standard InChI is InChI=1S/C22H17N3O2S/c26-19-9-5-4-6-15(19)14-20-21(27)25-22(28-20)24-18-12-10-17(11-13-18)23-16-7-2-1-3-8-16/h1-14,23,26H,(H,24,25,27)/b20-14-. The highest BCUT2D eigenvalue weighted by molar-refractivity contribution is 8.18. The van der Waals surface area contributed by atoms with Gasteiger partial charge in [0.05, 0.1) is 10.6 Å². The van der Waals surface area contributed by atoms with E-state index >= 15 is 0 Å². The molecule has 0 spiro atoms. The van der Waals surface area contributed by atoms with Gasteiger partial charge in [-0.05, 0) is 60.3 Å². The van der Waals surface area contributed by atoms with Gasteiger partial charge in [0.2, 0.25) is 0 Å². The number of amidine groups is 1. The Hall–Kier alpha value is -3.51. The number of aliphatic imine (C=N–C) groups is 1. The normalized spacial score (nSPS) is 16.4. The zero-order valence-electron chi connectivity index (χ0n) is 14.8. The molecule has 4 rings (SSSR count). The lowest BCUT2D eigenvalue weighted by Crippen LogP contribution is -2.19. The average Bonchev–Trinajstić information content (AvgIpc) is 3.05. The summed E-state index contributed by atoms with van der Waals surface area (Å²) in [6.07, 6.45) is 1.66. The van der Waals surface area contributed by atoms with Crippen LogP contribution in [0.5, 0.6) is 5.75 Å². The van der Waals surface area contributed by atoms with Gasteiger partial charge in [-0.15, -0.1) is 0 Å². The third-order valence-electron chi connectivity index (χ3n) is 4.03. The minimum Gasteiger partial charge on any atom is -0.507 e. The molecule has 0 radical (unpaired) electrons. The van der Waals surface area contributed by atoms with Gasteiger partial charge in [-0.2, -0.15) is 0 Å². The van der Waals surface area contributed by atoms with Gasteiger partial charge in [-0.3, -0.25) is 4.79 Å². The monoisotopic (exact) mass is 387 g/mol. The van der Waals surface area contributed by atoms with Crippen molar-refractivity contribution in [1.82, 2.24) is 5.32 Å². The molecule has 1 amide bonds. The van der Waals surface area contributed by atoms with E-state index in [4.69, 9.17) is 0 Å². The Kier molecular flexibility index (Phi) is 5.12. The van der Waals surface area contributed by atoms with Crippen molar-refractivity contribution in [1.29, 1.82) is 0 Å². The molecule has 28 heavy (non-hydrogen) atoms. The Balaban J connectivity index is 1.47. The highest BCUT2D eigenvalue weighted by atomic mass is 32.2. The second kappa shape index (κ2) is 8.02. The molecule has 1 aliphatic heterocycles. The fourth-order valence-electron chi connectivity index (χ4n) is 2.66. The number of benzene rings is 3. The molecule has 0 aromatic heterocycles. The van der Waals surface area contributed by atoms with E-state index < -0.39 is 0 Å². The molecule has 1 aliphatic rings. The van der Waals surface area contributed by atoms with Gasteiger partial charge in [0, 0.05) is 16.9 Å².